The van der Waals surface area contributed by atoms with Crippen LogP contribution in [-0.4, -0.2) is 24.0 Å². The molecule has 3 aromatic rings. The number of carbonyl (C=O) groups is 1. The number of carboxylic acid groups (broad SMARTS) is 1. The number of sulfonamides is 1. The van der Waals surface area contributed by atoms with E-state index in [0.717, 1.165) is 18.2 Å². The van der Waals surface area contributed by atoms with Gasteiger partial charge in [0.15, 0.2) is 4.90 Å². The zero-order valence-electron chi connectivity index (χ0n) is 16.8. The summed E-state index contributed by atoms with van der Waals surface area (Å²) in [6, 6.07) is 11.7. The lowest BCUT2D eigenvalue weighted by molar-refractivity contribution is -0.137. The first kappa shape index (κ1) is 26.2. The van der Waals surface area contributed by atoms with E-state index in [1.54, 1.807) is 6.07 Å². The van der Waals surface area contributed by atoms with Gasteiger partial charge in [0.1, 0.15) is 11.4 Å². The van der Waals surface area contributed by atoms with Gasteiger partial charge in [0.2, 0.25) is 0 Å². The Hall–Kier alpha value is -2.44. The van der Waals surface area contributed by atoms with E-state index in [-0.39, 0.29) is 32.5 Å². The highest BCUT2D eigenvalue weighted by atomic mass is 35.5. The average Bonchev–Trinajstić information content (AvgIpc) is 2.73. The summed E-state index contributed by atoms with van der Waals surface area (Å²) in [6.45, 7) is 0. The Morgan fingerprint density at radius 1 is 1.06 bits per heavy atom. The van der Waals surface area contributed by atoms with Crippen LogP contribution in [0.2, 0.25) is 10.0 Å². The maximum atomic E-state index is 13.2. The van der Waals surface area contributed by atoms with Crippen molar-refractivity contribution in [2.45, 2.75) is 21.7 Å². The number of rotatable bonds is 7. The SMILES string of the molecule is O=C(O)c1ccccc1C[S+]([O-])c1ccc(Cl)cc1NS(=O)(=O)c1ccc(Cl)c(C(F)(F)F)c1. The molecule has 0 heterocycles. The van der Waals surface area contributed by atoms with Crippen molar-refractivity contribution in [3.8, 4) is 0 Å². The minimum absolute atomic E-state index is 0.0434. The standard InChI is InChI=1S/C21H14Cl2F3NO5S2/c22-13-5-8-19(33(30)11-12-3-1-2-4-15(12)20(28)29)18(9-13)27-34(31,32)14-6-7-17(23)16(10-14)21(24,25)26/h1-10,27H,11H2,(H,28,29). The van der Waals surface area contributed by atoms with E-state index < -0.39 is 48.8 Å². The molecule has 0 bridgehead atoms. The molecule has 1 unspecified atom stereocenters. The highest BCUT2D eigenvalue weighted by molar-refractivity contribution is 7.93. The zero-order valence-corrected chi connectivity index (χ0v) is 19.9. The summed E-state index contributed by atoms with van der Waals surface area (Å²) < 4.78 is 80.3. The van der Waals surface area contributed by atoms with Crippen molar-refractivity contribution in [3.05, 3.63) is 87.4 Å². The third-order valence-corrected chi connectivity index (χ3v) is 7.87. The van der Waals surface area contributed by atoms with E-state index in [0.29, 0.717) is 6.07 Å². The van der Waals surface area contributed by atoms with Crippen molar-refractivity contribution in [2.75, 3.05) is 4.72 Å². The van der Waals surface area contributed by atoms with E-state index in [4.69, 9.17) is 23.2 Å². The number of hydrogen-bond donors (Lipinski definition) is 2. The molecule has 13 heteroatoms. The van der Waals surface area contributed by atoms with Crippen molar-refractivity contribution in [2.24, 2.45) is 0 Å². The maximum absolute atomic E-state index is 13.2. The van der Waals surface area contributed by atoms with Crippen molar-refractivity contribution in [1.82, 2.24) is 0 Å². The topological polar surface area (TPSA) is 107 Å². The summed E-state index contributed by atoms with van der Waals surface area (Å²) in [7, 11) is -4.58. The van der Waals surface area contributed by atoms with Gasteiger partial charge >= 0.3 is 12.1 Å². The largest absolute Gasteiger partial charge is 0.611 e. The second-order valence-electron chi connectivity index (χ2n) is 6.84. The summed E-state index contributed by atoms with van der Waals surface area (Å²) >= 11 is 9.56. The van der Waals surface area contributed by atoms with Crippen molar-refractivity contribution >= 4 is 56.1 Å². The van der Waals surface area contributed by atoms with Gasteiger partial charge in [-0.3, -0.25) is 4.72 Å². The predicted octanol–water partition coefficient (Wildman–Crippen LogP) is 5.82. The Morgan fingerprint density at radius 2 is 1.74 bits per heavy atom. The highest BCUT2D eigenvalue weighted by Gasteiger charge is 2.35. The zero-order chi connectivity index (χ0) is 25.3. The summed E-state index contributed by atoms with van der Waals surface area (Å²) in [5.41, 5.74) is -1.41. The first-order valence-electron chi connectivity index (χ1n) is 9.18. The Bertz CT molecular complexity index is 1350. The molecule has 0 fully saturated rings. The van der Waals surface area contributed by atoms with E-state index in [1.165, 1.54) is 30.3 Å². The van der Waals surface area contributed by atoms with E-state index in [1.807, 2.05) is 0 Å². The Balaban J connectivity index is 1.98. The fraction of sp³-hybridized carbons (Fsp3) is 0.0952. The van der Waals surface area contributed by atoms with E-state index in [2.05, 4.69) is 4.72 Å². The van der Waals surface area contributed by atoms with Crippen LogP contribution in [-0.2, 0) is 33.1 Å². The number of halogens is 5. The van der Waals surface area contributed by atoms with Gasteiger partial charge in [0.05, 0.1) is 21.0 Å². The summed E-state index contributed by atoms with van der Waals surface area (Å²) in [4.78, 5) is 10.7. The first-order chi connectivity index (χ1) is 15.8. The lowest BCUT2D eigenvalue weighted by Gasteiger charge is -2.17. The third kappa shape index (κ3) is 5.97. The van der Waals surface area contributed by atoms with Gasteiger partial charge in [-0.1, -0.05) is 41.4 Å². The lowest BCUT2D eigenvalue weighted by atomic mass is 10.1. The maximum Gasteiger partial charge on any atom is 0.417 e. The van der Waals surface area contributed by atoms with Crippen molar-refractivity contribution in [3.63, 3.8) is 0 Å². The molecule has 0 aromatic heterocycles. The molecule has 0 spiro atoms. The summed E-state index contributed by atoms with van der Waals surface area (Å²) in [6.07, 6.45) is -4.89. The Kier molecular flexibility index (Phi) is 7.73. The number of hydrogen-bond acceptors (Lipinski definition) is 4. The minimum Gasteiger partial charge on any atom is -0.611 e. The molecule has 1 atom stereocenters. The molecule has 0 aliphatic carbocycles. The number of aromatic carboxylic acids is 1. The van der Waals surface area contributed by atoms with Gasteiger partial charge in [0, 0.05) is 10.6 Å². The highest BCUT2D eigenvalue weighted by Crippen LogP contribution is 2.37. The number of alkyl halides is 3. The van der Waals surface area contributed by atoms with Crippen LogP contribution in [0.15, 0.2) is 70.5 Å². The quantitative estimate of drug-likeness (QED) is 0.360. The normalized spacial score (nSPS) is 12.9. The van der Waals surface area contributed by atoms with Crippen LogP contribution in [0.3, 0.4) is 0 Å². The molecule has 6 nitrogen and oxygen atoms in total. The summed E-state index contributed by atoms with van der Waals surface area (Å²) in [5, 5.41) is 8.71. The average molecular weight is 552 g/mol. The molecule has 180 valence electrons. The van der Waals surface area contributed by atoms with Gasteiger partial charge in [-0.25, -0.2) is 13.2 Å². The monoisotopic (exact) mass is 551 g/mol. The molecule has 2 N–H and O–H groups in total. The molecule has 0 radical (unpaired) electrons. The Labute approximate surface area is 205 Å². The van der Waals surface area contributed by atoms with Crippen molar-refractivity contribution < 1.29 is 36.0 Å². The van der Waals surface area contributed by atoms with Crippen LogP contribution < -0.4 is 4.72 Å². The van der Waals surface area contributed by atoms with Crippen LogP contribution in [0.1, 0.15) is 21.5 Å². The molecular formula is C21H14Cl2F3NO5S2. The van der Waals surface area contributed by atoms with Crippen LogP contribution in [0.4, 0.5) is 18.9 Å². The molecule has 0 saturated heterocycles. The lowest BCUT2D eigenvalue weighted by Crippen LogP contribution is -2.18. The van der Waals surface area contributed by atoms with Crippen LogP contribution in [0.5, 0.6) is 0 Å². The van der Waals surface area contributed by atoms with E-state index >= 15 is 0 Å². The first-order valence-corrected chi connectivity index (χ1v) is 12.7. The number of carboxylic acids is 1. The van der Waals surface area contributed by atoms with Gasteiger partial charge in [-0.05, 0) is 53.6 Å². The molecule has 0 aliphatic heterocycles. The minimum atomic E-state index is -4.89. The van der Waals surface area contributed by atoms with Crippen LogP contribution in [0, 0.1) is 0 Å². The smallest absolute Gasteiger partial charge is 0.417 e. The van der Waals surface area contributed by atoms with Crippen molar-refractivity contribution in [1.29, 1.82) is 0 Å². The number of anilines is 1. The van der Waals surface area contributed by atoms with Gasteiger partial charge in [-0.15, -0.1) is 0 Å². The molecular weight excluding hydrogens is 538 g/mol. The molecule has 0 saturated carbocycles. The molecule has 0 amide bonds. The van der Waals surface area contributed by atoms with Gasteiger partial charge in [0.25, 0.3) is 10.0 Å². The summed E-state index contributed by atoms with van der Waals surface area (Å²) in [5.74, 6) is -1.49. The molecule has 0 aliphatic rings. The number of benzene rings is 3. The Morgan fingerprint density at radius 3 is 2.38 bits per heavy atom. The van der Waals surface area contributed by atoms with Crippen LogP contribution >= 0.6 is 23.2 Å². The molecule has 34 heavy (non-hydrogen) atoms. The predicted molar refractivity (Wildman–Crippen MR) is 122 cm³/mol. The second-order valence-corrected chi connectivity index (χ2v) is 10.8. The third-order valence-electron chi connectivity index (χ3n) is 4.52. The fourth-order valence-corrected chi connectivity index (χ4v) is 5.77. The molecule has 3 aromatic carbocycles. The number of nitrogens with one attached hydrogen (secondary N) is 1. The van der Waals surface area contributed by atoms with E-state index in [9.17, 15) is 36.0 Å². The second kappa shape index (κ2) is 10.0. The molecule has 3 rings (SSSR count). The van der Waals surface area contributed by atoms with Gasteiger partial charge < -0.3 is 9.66 Å². The van der Waals surface area contributed by atoms with Gasteiger partial charge in [-0.2, -0.15) is 13.2 Å². The fourth-order valence-electron chi connectivity index (χ4n) is 2.95. The van der Waals surface area contributed by atoms with Crippen LogP contribution in [0.25, 0.3) is 0 Å².